The normalized spacial score (nSPS) is 15.8. The lowest BCUT2D eigenvalue weighted by atomic mass is 10.1. The number of amides is 1. The van der Waals surface area contributed by atoms with E-state index in [1.165, 1.54) is 19.3 Å². The van der Waals surface area contributed by atoms with Crippen LogP contribution in [0.5, 0.6) is 0 Å². The predicted octanol–water partition coefficient (Wildman–Crippen LogP) is 1.72. The van der Waals surface area contributed by atoms with Gasteiger partial charge in [0, 0.05) is 13.1 Å². The minimum absolute atomic E-state index is 0.0457. The Morgan fingerprint density at radius 1 is 1.17 bits per heavy atom. The molecule has 2 heterocycles. The Kier molecular flexibility index (Phi) is 4.66. The second-order valence-electron chi connectivity index (χ2n) is 6.65. The highest BCUT2D eigenvalue weighted by Crippen LogP contribution is 2.17. The van der Waals surface area contributed by atoms with Crippen LogP contribution in [0.3, 0.4) is 0 Å². The maximum absolute atomic E-state index is 11.7. The first kappa shape index (κ1) is 16.6. The Balaban J connectivity index is 2.05. The lowest BCUT2D eigenvalue weighted by Gasteiger charge is -2.27. The lowest BCUT2D eigenvalue weighted by Crippen LogP contribution is -2.37. The summed E-state index contributed by atoms with van der Waals surface area (Å²) in [6.45, 7) is 7.83. The number of piperidine rings is 1. The van der Waals surface area contributed by atoms with Gasteiger partial charge in [-0.05, 0) is 63.0 Å². The van der Waals surface area contributed by atoms with Crippen molar-refractivity contribution in [3.63, 3.8) is 0 Å². The van der Waals surface area contributed by atoms with Crippen LogP contribution in [0.15, 0.2) is 12.1 Å². The molecule has 3 N–H and O–H groups in total. The molecule has 1 aromatic heterocycles. The molecule has 6 nitrogen and oxygen atoms in total. The van der Waals surface area contributed by atoms with Gasteiger partial charge >= 0.3 is 0 Å². The van der Waals surface area contributed by atoms with E-state index in [9.17, 15) is 4.79 Å². The summed E-state index contributed by atoms with van der Waals surface area (Å²) in [4.78, 5) is 18.5. The van der Waals surface area contributed by atoms with Crippen molar-refractivity contribution in [2.45, 2.75) is 39.7 Å². The first-order valence-electron chi connectivity index (χ1n) is 8.56. The van der Waals surface area contributed by atoms with E-state index in [1.54, 1.807) is 0 Å². The monoisotopic (exact) mass is 327 g/mol. The van der Waals surface area contributed by atoms with Gasteiger partial charge in [-0.2, -0.15) is 0 Å². The van der Waals surface area contributed by atoms with Crippen molar-refractivity contribution < 1.29 is 4.79 Å². The average Bonchev–Trinajstić information content (AvgIpc) is 2.56. The molecule has 0 aliphatic carbocycles. The number of hydrogen-bond acceptors (Lipinski definition) is 4. The highest BCUT2D eigenvalue weighted by Gasteiger charge is 2.15. The Morgan fingerprint density at radius 2 is 1.83 bits per heavy atom. The number of carbonyl (C=O) groups is 1. The summed E-state index contributed by atoms with van der Waals surface area (Å²) in [6, 6.07) is 4.02. The average molecular weight is 327 g/mol. The fraction of sp³-hybridized carbons (Fsp3) is 0.500. The summed E-state index contributed by atoms with van der Waals surface area (Å²) in [5.74, 6) is -0.646. The molecule has 0 unspecified atom stereocenters. The number of rotatable bonds is 4. The molecule has 0 radical (unpaired) electrons. The number of benzene rings is 1. The molecule has 1 amide bonds. The maximum Gasteiger partial charge on any atom is 0.271 e. The Morgan fingerprint density at radius 3 is 2.50 bits per heavy atom. The first-order chi connectivity index (χ1) is 11.5. The van der Waals surface area contributed by atoms with Gasteiger partial charge in [-0.1, -0.05) is 6.42 Å². The number of likely N-dealkylation sites (tertiary alicyclic amines) is 1. The number of aryl methyl sites for hydroxylation is 2. The van der Waals surface area contributed by atoms with Gasteiger partial charge in [0.05, 0.1) is 11.0 Å². The number of primary amides is 1. The molecule has 0 saturated carbocycles. The Bertz CT molecular complexity index is 833. The van der Waals surface area contributed by atoms with Crippen LogP contribution in [-0.4, -0.2) is 40.0 Å². The van der Waals surface area contributed by atoms with Crippen LogP contribution in [0.2, 0.25) is 0 Å². The first-order valence-corrected chi connectivity index (χ1v) is 8.56. The van der Waals surface area contributed by atoms with E-state index >= 15 is 0 Å². The smallest absolute Gasteiger partial charge is 0.271 e. The highest BCUT2D eigenvalue weighted by atomic mass is 16.1. The van der Waals surface area contributed by atoms with Crippen LogP contribution < -0.4 is 11.2 Å². The van der Waals surface area contributed by atoms with Gasteiger partial charge in [-0.15, -0.1) is 0 Å². The van der Waals surface area contributed by atoms with E-state index in [0.717, 1.165) is 41.8 Å². The molecule has 24 heavy (non-hydrogen) atoms. The van der Waals surface area contributed by atoms with Gasteiger partial charge in [-0.25, -0.2) is 4.98 Å². The molecule has 1 aliphatic heterocycles. The molecule has 2 aromatic rings. The largest absolute Gasteiger partial charge is 0.364 e. The summed E-state index contributed by atoms with van der Waals surface area (Å²) in [5, 5.41) is 8.38. The number of nitrogens with zero attached hydrogens (tertiary/aromatic N) is 3. The summed E-state index contributed by atoms with van der Waals surface area (Å²) < 4.78 is 1.88. The summed E-state index contributed by atoms with van der Waals surface area (Å²) in [5.41, 5.74) is 9.48. The van der Waals surface area contributed by atoms with Crippen molar-refractivity contribution >= 4 is 16.9 Å². The maximum atomic E-state index is 11.7. The molecule has 1 fully saturated rings. The molecule has 1 aliphatic rings. The summed E-state index contributed by atoms with van der Waals surface area (Å²) >= 11 is 0. The van der Waals surface area contributed by atoms with Gasteiger partial charge in [0.1, 0.15) is 0 Å². The van der Waals surface area contributed by atoms with Crippen LogP contribution in [0, 0.1) is 19.3 Å². The zero-order valence-corrected chi connectivity index (χ0v) is 14.4. The molecule has 6 heteroatoms. The van der Waals surface area contributed by atoms with Crippen molar-refractivity contribution in [1.82, 2.24) is 14.5 Å². The van der Waals surface area contributed by atoms with Gasteiger partial charge in [-0.3, -0.25) is 10.2 Å². The highest BCUT2D eigenvalue weighted by molar-refractivity contribution is 5.92. The summed E-state index contributed by atoms with van der Waals surface area (Å²) in [7, 11) is 0. The SMILES string of the molecule is Cc1cc2nc(C(N)=O)c(=N)n(CCN3CCCCC3)c2cc1C. The van der Waals surface area contributed by atoms with Gasteiger partial charge in [0.15, 0.2) is 11.2 Å². The molecule has 1 saturated heterocycles. The van der Waals surface area contributed by atoms with Crippen LogP contribution >= 0.6 is 0 Å². The standard InChI is InChI=1S/C18H25N5O/c1-12-10-14-15(11-13(12)2)23(17(19)16(21-14)18(20)24)9-8-22-6-4-3-5-7-22/h10-11,19H,3-9H2,1-2H3,(H2,20,24). The molecular formula is C18H25N5O. The molecule has 0 spiro atoms. The zero-order valence-electron chi connectivity index (χ0n) is 14.4. The van der Waals surface area contributed by atoms with Crippen molar-refractivity contribution in [2.24, 2.45) is 5.73 Å². The van der Waals surface area contributed by atoms with E-state index in [2.05, 4.69) is 22.9 Å². The van der Waals surface area contributed by atoms with Gasteiger partial charge < -0.3 is 15.2 Å². The van der Waals surface area contributed by atoms with E-state index < -0.39 is 5.91 Å². The van der Waals surface area contributed by atoms with Gasteiger partial charge in [0.25, 0.3) is 5.91 Å². The topological polar surface area (TPSA) is 88.0 Å². The minimum atomic E-state index is -0.646. The van der Waals surface area contributed by atoms with E-state index in [0.29, 0.717) is 6.54 Å². The van der Waals surface area contributed by atoms with Crippen molar-refractivity contribution in [3.05, 3.63) is 34.4 Å². The third kappa shape index (κ3) is 3.19. The molecule has 0 bridgehead atoms. The second-order valence-corrected chi connectivity index (χ2v) is 6.65. The van der Waals surface area contributed by atoms with E-state index in [-0.39, 0.29) is 11.2 Å². The second kappa shape index (κ2) is 6.73. The number of aromatic nitrogens is 2. The van der Waals surface area contributed by atoms with E-state index in [1.807, 2.05) is 17.6 Å². The molecule has 1 aromatic carbocycles. The Hall–Kier alpha value is -2.21. The molecule has 0 atom stereocenters. The van der Waals surface area contributed by atoms with Crippen LogP contribution in [0.4, 0.5) is 0 Å². The quantitative estimate of drug-likeness (QED) is 0.896. The third-order valence-corrected chi connectivity index (χ3v) is 4.93. The van der Waals surface area contributed by atoms with Crippen molar-refractivity contribution in [1.29, 1.82) is 5.41 Å². The van der Waals surface area contributed by atoms with Crippen molar-refractivity contribution in [3.8, 4) is 0 Å². The fourth-order valence-electron chi connectivity index (χ4n) is 3.34. The molecule has 128 valence electrons. The third-order valence-electron chi connectivity index (χ3n) is 4.93. The number of carbonyl (C=O) groups excluding carboxylic acids is 1. The number of hydrogen-bond donors (Lipinski definition) is 2. The van der Waals surface area contributed by atoms with E-state index in [4.69, 9.17) is 11.1 Å². The van der Waals surface area contributed by atoms with Crippen molar-refractivity contribution in [2.75, 3.05) is 19.6 Å². The summed E-state index contributed by atoms with van der Waals surface area (Å²) in [6.07, 6.45) is 3.77. The van der Waals surface area contributed by atoms with Crippen LogP contribution in [0.1, 0.15) is 40.9 Å². The zero-order chi connectivity index (χ0) is 17.3. The number of fused-ring (bicyclic) bond motifs is 1. The number of nitrogens with one attached hydrogen (secondary N) is 1. The van der Waals surface area contributed by atoms with Gasteiger partial charge in [0.2, 0.25) is 0 Å². The minimum Gasteiger partial charge on any atom is -0.364 e. The van der Waals surface area contributed by atoms with Crippen LogP contribution in [0.25, 0.3) is 11.0 Å². The van der Waals surface area contributed by atoms with Crippen LogP contribution in [-0.2, 0) is 6.54 Å². The lowest BCUT2D eigenvalue weighted by molar-refractivity contribution is 0.0993. The molecular weight excluding hydrogens is 302 g/mol. The fourth-order valence-corrected chi connectivity index (χ4v) is 3.34. The predicted molar refractivity (Wildman–Crippen MR) is 93.9 cm³/mol. The number of nitrogens with two attached hydrogens (primary N) is 1. The molecule has 3 rings (SSSR count). The Labute approximate surface area is 141 Å².